The molecule has 0 saturated heterocycles. The van der Waals surface area contributed by atoms with E-state index in [4.69, 9.17) is 5.26 Å². The fourth-order valence-corrected chi connectivity index (χ4v) is 3.88. The summed E-state index contributed by atoms with van der Waals surface area (Å²) in [5.41, 5.74) is -9.28. The topological polar surface area (TPSA) is 79.8 Å². The highest BCUT2D eigenvalue weighted by molar-refractivity contribution is 6.06. The van der Waals surface area contributed by atoms with Crippen molar-refractivity contribution in [1.29, 1.82) is 5.26 Å². The smallest absolute Gasteiger partial charge is 0.457 e. The van der Waals surface area contributed by atoms with E-state index < -0.39 is 41.0 Å². The number of amides is 1. The number of rotatable bonds is 5. The van der Waals surface area contributed by atoms with Crippen LogP contribution >= 0.6 is 0 Å². The summed E-state index contributed by atoms with van der Waals surface area (Å²) in [4.78, 5) is 12.8. The van der Waals surface area contributed by atoms with Crippen LogP contribution in [0.3, 0.4) is 0 Å². The van der Waals surface area contributed by atoms with Gasteiger partial charge in [-0.05, 0) is 48.7 Å². The lowest BCUT2D eigenvalue weighted by Crippen LogP contribution is -2.59. The van der Waals surface area contributed by atoms with Gasteiger partial charge in [0.15, 0.2) is 6.07 Å². The average Bonchev–Trinajstić information content (AvgIpc) is 2.82. The summed E-state index contributed by atoms with van der Waals surface area (Å²) >= 11 is 0. The molecule has 1 unspecified atom stereocenters. The van der Waals surface area contributed by atoms with Crippen LogP contribution in [-0.2, 0) is 12.1 Å². The van der Waals surface area contributed by atoms with Gasteiger partial charge in [0.25, 0.3) is 11.6 Å². The Morgan fingerprint density at radius 3 is 2.13 bits per heavy atom. The van der Waals surface area contributed by atoms with Crippen molar-refractivity contribution in [3.8, 4) is 6.07 Å². The first-order valence-corrected chi connectivity index (χ1v) is 10.6. The molecule has 1 heterocycles. The lowest BCUT2D eigenvalue weighted by molar-refractivity contribution is -0.580. The minimum Gasteiger partial charge on any atom is -0.617 e. The summed E-state index contributed by atoms with van der Waals surface area (Å²) in [5, 5.41) is 23.7. The van der Waals surface area contributed by atoms with Crippen LogP contribution in [0.25, 0.3) is 10.9 Å². The number of hydrogen-bond acceptors (Lipinski definition) is 3. The van der Waals surface area contributed by atoms with Crippen LogP contribution in [0.2, 0.25) is 0 Å². The van der Waals surface area contributed by atoms with E-state index in [1.807, 2.05) is 0 Å². The Bertz CT molecular complexity index is 1460. The van der Waals surface area contributed by atoms with E-state index in [1.54, 1.807) is 6.07 Å². The summed E-state index contributed by atoms with van der Waals surface area (Å²) in [5.74, 6) is -7.70. The number of hydrogen-bond donors (Lipinski definition) is 1. The van der Waals surface area contributed by atoms with E-state index in [0.29, 0.717) is 4.73 Å². The van der Waals surface area contributed by atoms with Crippen LogP contribution in [0.4, 0.5) is 45.2 Å². The van der Waals surface area contributed by atoms with Crippen molar-refractivity contribution in [2.75, 3.05) is 5.32 Å². The molecule has 0 radical (unpaired) electrons. The van der Waals surface area contributed by atoms with E-state index in [0.717, 1.165) is 6.92 Å². The van der Waals surface area contributed by atoms with Crippen LogP contribution in [-0.4, -0.2) is 24.2 Å². The lowest BCUT2D eigenvalue weighted by Gasteiger charge is -2.36. The molecule has 2 aromatic carbocycles. The number of anilines is 1. The third kappa shape index (κ3) is 4.46. The number of aromatic nitrogens is 1. The van der Waals surface area contributed by atoms with Gasteiger partial charge in [-0.25, -0.2) is 4.39 Å². The second kappa shape index (κ2) is 9.38. The van der Waals surface area contributed by atoms with Crippen LogP contribution in [0.1, 0.15) is 39.7 Å². The molecule has 1 atom stereocenters. The number of benzene rings is 2. The predicted molar refractivity (Wildman–Crippen MR) is 116 cm³/mol. The first-order chi connectivity index (χ1) is 17.4. The molecule has 0 saturated carbocycles. The molecule has 0 aliphatic carbocycles. The van der Waals surface area contributed by atoms with Crippen molar-refractivity contribution in [3.05, 3.63) is 75.6 Å². The summed E-state index contributed by atoms with van der Waals surface area (Å²) in [6.07, 6.45) is -13.8. The molecule has 5 nitrogen and oxygen atoms in total. The minimum absolute atomic E-state index is 0.0485. The molecule has 3 aromatic rings. The zero-order chi connectivity index (χ0) is 28.8. The maximum Gasteiger partial charge on any atom is 0.457 e. The minimum atomic E-state index is -6.86. The van der Waals surface area contributed by atoms with Gasteiger partial charge in [0.2, 0.25) is 5.52 Å². The molecule has 0 fully saturated rings. The van der Waals surface area contributed by atoms with E-state index in [2.05, 4.69) is 5.32 Å². The summed E-state index contributed by atoms with van der Waals surface area (Å²) in [7, 11) is 0. The number of alkyl halides is 9. The molecule has 38 heavy (non-hydrogen) atoms. The van der Waals surface area contributed by atoms with Crippen LogP contribution in [0, 0.1) is 23.5 Å². The molecule has 3 rings (SSSR count). The van der Waals surface area contributed by atoms with Crippen molar-refractivity contribution in [2.24, 2.45) is 0 Å². The Kier molecular flexibility index (Phi) is 7.04. The van der Waals surface area contributed by atoms with Gasteiger partial charge < -0.3 is 10.5 Å². The number of halogens is 9. The number of carbonyl (C=O) groups excluding carboxylic acids is 1. The zero-order valence-electron chi connectivity index (χ0n) is 19.4. The second-order valence-electron chi connectivity index (χ2n) is 8.26. The molecule has 0 bridgehead atoms. The Morgan fingerprint density at radius 2 is 1.61 bits per heavy atom. The van der Waals surface area contributed by atoms with Crippen molar-refractivity contribution in [1.82, 2.24) is 0 Å². The highest BCUT2D eigenvalue weighted by Gasteiger charge is 2.81. The second-order valence-corrected chi connectivity index (χ2v) is 8.26. The summed E-state index contributed by atoms with van der Waals surface area (Å²) < 4.78 is 122. The van der Waals surface area contributed by atoms with Gasteiger partial charge in [0, 0.05) is 34.3 Å². The van der Waals surface area contributed by atoms with Gasteiger partial charge in [-0.3, -0.25) is 4.79 Å². The van der Waals surface area contributed by atoms with E-state index in [1.165, 1.54) is 37.3 Å². The Balaban J connectivity index is 2.08. The summed E-state index contributed by atoms with van der Waals surface area (Å²) in [6.45, 7) is 2.31. The SMILES string of the molecule is CCc1cc(C(F)(C(F)(F)F)C(F)(F)C(F)(F)F)cc(C)c1NC(=O)c1ccc2c(ccc(C#N)[n+]2[O-])c1. The average molecular weight is 549 g/mol. The highest BCUT2D eigenvalue weighted by Crippen LogP contribution is 2.58. The lowest BCUT2D eigenvalue weighted by atomic mass is 9.85. The van der Waals surface area contributed by atoms with Gasteiger partial charge in [-0.2, -0.15) is 45.1 Å². The molecule has 0 aliphatic heterocycles. The van der Waals surface area contributed by atoms with Gasteiger partial charge >= 0.3 is 23.9 Å². The molecular weight excluding hydrogens is 533 g/mol. The van der Waals surface area contributed by atoms with Crippen molar-refractivity contribution >= 4 is 22.5 Å². The molecule has 202 valence electrons. The largest absolute Gasteiger partial charge is 0.617 e. The zero-order valence-corrected chi connectivity index (χ0v) is 19.4. The first kappa shape index (κ1) is 28.5. The molecule has 0 spiro atoms. The van der Waals surface area contributed by atoms with E-state index >= 15 is 0 Å². The van der Waals surface area contributed by atoms with Crippen molar-refractivity contribution < 1.29 is 49.0 Å². The molecule has 1 aromatic heterocycles. The van der Waals surface area contributed by atoms with Crippen molar-refractivity contribution in [3.63, 3.8) is 0 Å². The fraction of sp³-hybridized carbons (Fsp3) is 0.292. The predicted octanol–water partition coefficient (Wildman–Crippen LogP) is 6.39. The molecule has 0 aliphatic rings. The third-order valence-corrected chi connectivity index (χ3v) is 5.88. The van der Waals surface area contributed by atoms with Crippen molar-refractivity contribution in [2.45, 2.75) is 44.2 Å². The molecular formula is C24H16F9N3O2. The summed E-state index contributed by atoms with van der Waals surface area (Å²) in [6, 6.07) is 8.34. The van der Waals surface area contributed by atoms with Gasteiger partial charge in [-0.1, -0.05) is 13.0 Å². The standard InChI is InChI=1S/C24H16F9N3O2/c1-3-13-10-16(21(25,23(28,29)30)22(26,27)24(31,32)33)8-12(2)19(13)35-20(37)15-5-7-18-14(9-15)4-6-17(11-34)36(18)38/h4-10H,3H2,1-2H3,(H,35,37). The third-order valence-electron chi connectivity index (χ3n) is 5.88. The Hall–Kier alpha value is -4.02. The maximum atomic E-state index is 15.0. The number of fused-ring (bicyclic) bond motifs is 1. The molecule has 14 heteroatoms. The molecule has 1 N–H and O–H groups in total. The monoisotopic (exact) mass is 549 g/mol. The van der Waals surface area contributed by atoms with Gasteiger partial charge in [0.05, 0.1) is 0 Å². The first-order valence-electron chi connectivity index (χ1n) is 10.6. The number of aryl methyl sites for hydroxylation is 2. The number of nitrogens with zero attached hydrogens (tertiary/aromatic N) is 2. The molecule has 1 amide bonds. The van der Waals surface area contributed by atoms with Crippen LogP contribution < -0.4 is 10.0 Å². The number of pyridine rings is 1. The Labute approximate surface area is 208 Å². The highest BCUT2D eigenvalue weighted by atomic mass is 19.4. The van der Waals surface area contributed by atoms with Gasteiger partial charge in [0.1, 0.15) is 0 Å². The number of nitrogens with one attached hydrogen (secondary N) is 1. The number of carbonyl (C=O) groups is 1. The number of nitriles is 1. The Morgan fingerprint density at radius 1 is 0.974 bits per heavy atom. The fourth-order valence-electron chi connectivity index (χ4n) is 3.88. The van der Waals surface area contributed by atoms with E-state index in [9.17, 15) is 49.5 Å². The van der Waals surface area contributed by atoms with E-state index in [-0.39, 0.29) is 52.0 Å². The van der Waals surface area contributed by atoms with Gasteiger partial charge in [-0.15, -0.1) is 0 Å². The normalized spacial score (nSPS) is 14.2. The maximum absolute atomic E-state index is 15.0. The van der Waals surface area contributed by atoms with Crippen LogP contribution in [0.15, 0.2) is 42.5 Å². The quantitative estimate of drug-likeness (QED) is 0.228. The van der Waals surface area contributed by atoms with Crippen LogP contribution in [0.5, 0.6) is 0 Å².